The first kappa shape index (κ1) is 11.1. The first-order chi connectivity index (χ1) is 6.86. The van der Waals surface area contributed by atoms with Crippen LogP contribution in [0.15, 0.2) is 6.20 Å². The van der Waals surface area contributed by atoms with Crippen LogP contribution in [-0.2, 0) is 13.0 Å². The molecule has 80 valence electrons. The van der Waals surface area contributed by atoms with Crippen LogP contribution in [0.1, 0.15) is 38.3 Å². The third kappa shape index (κ3) is 3.85. The van der Waals surface area contributed by atoms with Crippen LogP contribution in [0.25, 0.3) is 0 Å². The van der Waals surface area contributed by atoms with Crippen LogP contribution < -0.4 is 0 Å². The summed E-state index contributed by atoms with van der Waals surface area (Å²) >= 11 is 0. The van der Waals surface area contributed by atoms with Gasteiger partial charge < -0.3 is 0 Å². The first-order valence-corrected chi connectivity index (χ1v) is 5.31. The molecule has 0 spiro atoms. The molecule has 3 nitrogen and oxygen atoms in total. The number of hydrogen-bond acceptors (Lipinski definition) is 2. The van der Waals surface area contributed by atoms with Crippen molar-refractivity contribution in [3.05, 3.63) is 11.9 Å². The third-order valence-electron chi connectivity index (χ3n) is 2.19. The molecule has 4 heteroatoms. The molecule has 0 aliphatic rings. The van der Waals surface area contributed by atoms with Crippen LogP contribution in [-0.4, -0.2) is 21.7 Å². The maximum absolute atomic E-state index is 12.0. The molecule has 1 heterocycles. The highest BCUT2D eigenvalue weighted by atomic mass is 19.1. The largest absolute Gasteiger partial charge is 0.250 e. The molecule has 0 radical (unpaired) electrons. The maximum Gasteiger partial charge on any atom is 0.109 e. The lowest BCUT2D eigenvalue weighted by molar-refractivity contribution is 0.422. The number of aryl methyl sites for hydroxylation is 2. The number of nitrogens with zero attached hydrogens (tertiary/aromatic N) is 3. The fraction of sp³-hybridized carbons (Fsp3) is 0.800. The van der Waals surface area contributed by atoms with Crippen LogP contribution >= 0.6 is 0 Å². The fourth-order valence-corrected chi connectivity index (χ4v) is 1.38. The lowest BCUT2D eigenvalue weighted by Gasteiger charge is -1.95. The van der Waals surface area contributed by atoms with Gasteiger partial charge in [0.2, 0.25) is 0 Å². The van der Waals surface area contributed by atoms with E-state index in [1.165, 1.54) is 19.3 Å². The molecule has 0 unspecified atom stereocenters. The molecule has 0 fully saturated rings. The van der Waals surface area contributed by atoms with E-state index in [-0.39, 0.29) is 6.67 Å². The summed E-state index contributed by atoms with van der Waals surface area (Å²) in [5.41, 5.74) is 0.981. The molecule has 0 saturated heterocycles. The van der Waals surface area contributed by atoms with Crippen molar-refractivity contribution in [2.75, 3.05) is 6.67 Å². The number of unbranched alkanes of at least 4 members (excludes halogenated alkanes) is 3. The summed E-state index contributed by atoms with van der Waals surface area (Å²) < 4.78 is 13.5. The zero-order valence-electron chi connectivity index (χ0n) is 8.75. The smallest absolute Gasteiger partial charge is 0.109 e. The van der Waals surface area contributed by atoms with Crippen LogP contribution in [0, 0.1) is 0 Å². The summed E-state index contributed by atoms with van der Waals surface area (Å²) in [4.78, 5) is 0. The van der Waals surface area contributed by atoms with Gasteiger partial charge in [0.1, 0.15) is 6.67 Å². The van der Waals surface area contributed by atoms with Crippen molar-refractivity contribution < 1.29 is 4.39 Å². The number of rotatable bonds is 7. The van der Waals surface area contributed by atoms with E-state index in [1.807, 2.05) is 6.20 Å². The van der Waals surface area contributed by atoms with E-state index in [0.29, 0.717) is 6.54 Å². The van der Waals surface area contributed by atoms with Gasteiger partial charge in [-0.3, -0.25) is 0 Å². The van der Waals surface area contributed by atoms with Gasteiger partial charge in [-0.2, -0.15) is 0 Å². The van der Waals surface area contributed by atoms with Crippen molar-refractivity contribution in [3.63, 3.8) is 0 Å². The van der Waals surface area contributed by atoms with Crippen LogP contribution in [0.4, 0.5) is 4.39 Å². The van der Waals surface area contributed by atoms with Gasteiger partial charge in [-0.25, -0.2) is 9.07 Å². The van der Waals surface area contributed by atoms with Gasteiger partial charge in [0, 0.05) is 6.20 Å². The molecule has 1 rings (SSSR count). The molecule has 14 heavy (non-hydrogen) atoms. The summed E-state index contributed by atoms with van der Waals surface area (Å²) in [6, 6.07) is 0. The van der Waals surface area contributed by atoms with E-state index in [1.54, 1.807) is 4.68 Å². The summed E-state index contributed by atoms with van der Waals surface area (Å²) in [6.45, 7) is 2.14. The predicted molar refractivity (Wildman–Crippen MR) is 53.8 cm³/mol. The Hall–Kier alpha value is -0.930. The minimum Gasteiger partial charge on any atom is -0.250 e. The molecular formula is C10H18FN3. The van der Waals surface area contributed by atoms with Crippen LogP contribution in [0.3, 0.4) is 0 Å². The van der Waals surface area contributed by atoms with Crippen LogP contribution in [0.5, 0.6) is 0 Å². The van der Waals surface area contributed by atoms with E-state index in [2.05, 4.69) is 17.2 Å². The van der Waals surface area contributed by atoms with Crippen LogP contribution in [0.2, 0.25) is 0 Å². The Balaban J connectivity index is 2.22. The Labute approximate surface area is 84.3 Å². The molecule has 1 aromatic heterocycles. The first-order valence-electron chi connectivity index (χ1n) is 5.31. The SMILES string of the molecule is CCCCCCc1cn(CCF)nn1. The Morgan fingerprint density at radius 3 is 2.93 bits per heavy atom. The highest BCUT2D eigenvalue weighted by Gasteiger charge is 1.99. The normalized spacial score (nSPS) is 10.7. The fourth-order valence-electron chi connectivity index (χ4n) is 1.38. The van der Waals surface area contributed by atoms with Crippen molar-refractivity contribution in [1.29, 1.82) is 0 Å². The number of aromatic nitrogens is 3. The summed E-state index contributed by atoms with van der Waals surface area (Å²) in [5.74, 6) is 0. The molecule has 0 aliphatic heterocycles. The van der Waals surface area contributed by atoms with Crippen molar-refractivity contribution in [2.45, 2.75) is 45.6 Å². The monoisotopic (exact) mass is 199 g/mol. The van der Waals surface area contributed by atoms with Crippen molar-refractivity contribution in [1.82, 2.24) is 15.0 Å². The summed E-state index contributed by atoms with van der Waals surface area (Å²) in [6.07, 6.45) is 7.72. The highest BCUT2D eigenvalue weighted by Crippen LogP contribution is 2.04. The van der Waals surface area contributed by atoms with E-state index < -0.39 is 0 Å². The van der Waals surface area contributed by atoms with Gasteiger partial charge in [-0.05, 0) is 12.8 Å². The molecule has 0 amide bonds. The van der Waals surface area contributed by atoms with Gasteiger partial charge >= 0.3 is 0 Å². The molecule has 1 aromatic rings. The third-order valence-corrected chi connectivity index (χ3v) is 2.19. The topological polar surface area (TPSA) is 30.7 Å². The molecule has 0 aromatic carbocycles. The molecule has 0 bridgehead atoms. The van der Waals surface area contributed by atoms with Gasteiger partial charge in [-0.15, -0.1) is 5.10 Å². The number of hydrogen-bond donors (Lipinski definition) is 0. The van der Waals surface area contributed by atoms with Gasteiger partial charge in [0.25, 0.3) is 0 Å². The molecule has 0 N–H and O–H groups in total. The highest BCUT2D eigenvalue weighted by molar-refractivity contribution is 4.91. The lowest BCUT2D eigenvalue weighted by atomic mass is 10.1. The van der Waals surface area contributed by atoms with Gasteiger partial charge in [0.15, 0.2) is 0 Å². The molecule has 0 aliphatic carbocycles. The average Bonchev–Trinajstić information content (AvgIpc) is 2.61. The molecular weight excluding hydrogens is 181 g/mol. The van der Waals surface area contributed by atoms with Crippen molar-refractivity contribution in [3.8, 4) is 0 Å². The summed E-state index contributed by atoms with van der Waals surface area (Å²) in [5, 5.41) is 7.81. The van der Waals surface area contributed by atoms with Gasteiger partial charge in [-0.1, -0.05) is 31.4 Å². The van der Waals surface area contributed by atoms with Gasteiger partial charge in [0.05, 0.1) is 12.2 Å². The Kier molecular flexibility index (Phi) is 5.19. The standard InChI is InChI=1S/C10H18FN3/c1-2-3-4-5-6-10-9-14(8-7-11)13-12-10/h9H,2-8H2,1H3. The minimum atomic E-state index is -0.376. The van der Waals surface area contributed by atoms with E-state index in [9.17, 15) is 4.39 Å². The zero-order chi connectivity index (χ0) is 10.2. The second-order valence-corrected chi connectivity index (χ2v) is 3.47. The molecule has 0 saturated carbocycles. The van der Waals surface area contributed by atoms with E-state index in [4.69, 9.17) is 0 Å². The van der Waals surface area contributed by atoms with Crippen molar-refractivity contribution >= 4 is 0 Å². The quantitative estimate of drug-likeness (QED) is 0.631. The lowest BCUT2D eigenvalue weighted by Crippen LogP contribution is -1.99. The average molecular weight is 199 g/mol. The Bertz CT molecular complexity index is 247. The zero-order valence-corrected chi connectivity index (χ0v) is 8.75. The van der Waals surface area contributed by atoms with E-state index >= 15 is 0 Å². The Morgan fingerprint density at radius 2 is 2.21 bits per heavy atom. The minimum absolute atomic E-state index is 0.321. The van der Waals surface area contributed by atoms with E-state index in [0.717, 1.165) is 18.5 Å². The van der Waals surface area contributed by atoms with Crippen molar-refractivity contribution in [2.24, 2.45) is 0 Å². The second kappa shape index (κ2) is 6.51. The predicted octanol–water partition coefficient (Wildman–Crippen LogP) is 2.37. The maximum atomic E-state index is 12.0. The number of alkyl halides is 1. The number of halogens is 1. The Morgan fingerprint density at radius 1 is 1.36 bits per heavy atom. The molecule has 0 atom stereocenters. The second-order valence-electron chi connectivity index (χ2n) is 3.47. The summed E-state index contributed by atoms with van der Waals surface area (Å²) in [7, 11) is 0.